The second-order valence-corrected chi connectivity index (χ2v) is 14.2. The van der Waals surface area contributed by atoms with Gasteiger partial charge in [-0.15, -0.1) is 0 Å². The molecule has 0 aliphatic carbocycles. The number of carbonyl (C=O) groups is 2. The lowest BCUT2D eigenvalue weighted by Gasteiger charge is -2.33. The third kappa shape index (κ3) is 9.81. The Morgan fingerprint density at radius 3 is 2.32 bits per heavy atom. The lowest BCUT2D eigenvalue weighted by molar-refractivity contribution is -0.143. The van der Waals surface area contributed by atoms with E-state index in [4.69, 9.17) is 21.1 Å². The van der Waals surface area contributed by atoms with Crippen molar-refractivity contribution in [3.8, 4) is 0 Å². The second-order valence-electron chi connectivity index (χ2n) is 11.8. The number of hydrogen-bond acceptors (Lipinski definition) is 7. The summed E-state index contributed by atoms with van der Waals surface area (Å²) in [6, 6.07) is 18.1. The molecule has 0 heterocycles. The monoisotopic (exact) mass is 643 g/mol. The van der Waals surface area contributed by atoms with Gasteiger partial charge in [-0.3, -0.25) is 4.79 Å². The number of rotatable bonds is 12. The maximum atomic E-state index is 13.7. The predicted octanol–water partition coefficient (Wildman–Crippen LogP) is 6.88. The van der Waals surface area contributed by atoms with Gasteiger partial charge in [0.05, 0.1) is 29.0 Å². The molecule has 10 heteroatoms. The van der Waals surface area contributed by atoms with Crippen LogP contribution in [0.3, 0.4) is 0 Å². The third-order valence-corrected chi connectivity index (χ3v) is 9.04. The fraction of sp³-hybridized carbons (Fsp3) is 0.412. The molecule has 2 atom stereocenters. The first-order chi connectivity index (χ1) is 20.6. The highest BCUT2D eigenvalue weighted by molar-refractivity contribution is 7.91. The molecule has 0 aromatic heterocycles. The number of amides is 1. The van der Waals surface area contributed by atoms with E-state index in [2.05, 4.69) is 0 Å². The van der Waals surface area contributed by atoms with Gasteiger partial charge in [-0.1, -0.05) is 53.6 Å². The Labute approximate surface area is 265 Å². The Bertz CT molecular complexity index is 1550. The molecular formula is C34H42ClNO7S. The highest BCUT2D eigenvalue weighted by atomic mass is 35.5. The molecule has 0 saturated heterocycles. The van der Waals surface area contributed by atoms with Crippen molar-refractivity contribution in [3.05, 3.63) is 94.0 Å². The molecule has 0 bridgehead atoms. The van der Waals surface area contributed by atoms with Gasteiger partial charge in [-0.05, 0) is 101 Å². The summed E-state index contributed by atoms with van der Waals surface area (Å²) in [6.45, 7) is 11.0. The quantitative estimate of drug-likeness (QED) is 0.214. The predicted molar refractivity (Wildman–Crippen MR) is 171 cm³/mol. The van der Waals surface area contributed by atoms with Crippen LogP contribution in [-0.2, 0) is 36.9 Å². The summed E-state index contributed by atoms with van der Waals surface area (Å²) in [5.74, 6) is -0.378. The maximum Gasteiger partial charge on any atom is 0.410 e. The van der Waals surface area contributed by atoms with Crippen molar-refractivity contribution in [2.24, 2.45) is 0 Å². The number of aryl methyl sites for hydroxylation is 2. The Hall–Kier alpha value is -3.40. The van der Waals surface area contributed by atoms with Gasteiger partial charge in [0.1, 0.15) is 5.60 Å². The molecule has 8 nitrogen and oxygen atoms in total. The Morgan fingerprint density at radius 2 is 1.70 bits per heavy atom. The van der Waals surface area contributed by atoms with Crippen molar-refractivity contribution in [2.45, 2.75) is 88.3 Å². The largest absolute Gasteiger partial charge is 0.466 e. The van der Waals surface area contributed by atoms with Crippen LogP contribution < -0.4 is 0 Å². The van der Waals surface area contributed by atoms with Crippen LogP contribution in [0.4, 0.5) is 4.79 Å². The zero-order chi connectivity index (χ0) is 32.7. The molecule has 1 N–H and O–H groups in total. The summed E-state index contributed by atoms with van der Waals surface area (Å²) >= 11 is 6.11. The molecule has 1 amide bonds. The minimum absolute atomic E-state index is 0.0229. The molecular weight excluding hydrogens is 602 g/mol. The fourth-order valence-corrected chi connectivity index (χ4v) is 6.48. The zero-order valence-electron chi connectivity index (χ0n) is 26.2. The highest BCUT2D eigenvalue weighted by Crippen LogP contribution is 2.28. The highest BCUT2D eigenvalue weighted by Gasteiger charge is 2.29. The Balaban J connectivity index is 1.82. The van der Waals surface area contributed by atoms with Crippen LogP contribution >= 0.6 is 11.6 Å². The smallest absolute Gasteiger partial charge is 0.410 e. The number of halogens is 1. The molecule has 238 valence electrons. The van der Waals surface area contributed by atoms with E-state index in [9.17, 15) is 23.1 Å². The summed E-state index contributed by atoms with van der Waals surface area (Å²) in [5, 5.41) is 11.4. The van der Waals surface area contributed by atoms with Gasteiger partial charge in [-0.25, -0.2) is 13.2 Å². The molecule has 0 saturated carbocycles. The number of esters is 1. The van der Waals surface area contributed by atoms with E-state index in [0.29, 0.717) is 22.6 Å². The molecule has 0 aliphatic heterocycles. The van der Waals surface area contributed by atoms with Crippen molar-refractivity contribution >= 4 is 33.5 Å². The normalized spacial score (nSPS) is 13.2. The lowest BCUT2D eigenvalue weighted by atomic mass is 10.0. The Morgan fingerprint density at radius 1 is 1.02 bits per heavy atom. The van der Waals surface area contributed by atoms with E-state index in [1.165, 1.54) is 4.90 Å². The molecule has 0 unspecified atom stereocenters. The fourth-order valence-electron chi connectivity index (χ4n) is 4.78. The first-order valence-corrected chi connectivity index (χ1v) is 16.5. The summed E-state index contributed by atoms with van der Waals surface area (Å²) in [4.78, 5) is 26.9. The van der Waals surface area contributed by atoms with Gasteiger partial charge >= 0.3 is 12.1 Å². The van der Waals surface area contributed by atoms with Gasteiger partial charge in [0.15, 0.2) is 0 Å². The standard InChI is InChI=1S/C34H42ClNO7S/c1-7-42-32(38)18-14-27-19-23(2)11-17-31(27)44(40,41)29-15-12-25(13-16-29)20-24(3)36(33(39)43-34(4,5)6)22-30(37)26-9-8-10-28(35)21-26/h8-13,15-17,19,21,24,30,37H,7,14,18,20,22H2,1-6H3/t24-,30+/m1/s1. The van der Waals surface area contributed by atoms with E-state index in [1.807, 2.05) is 13.8 Å². The number of carbonyl (C=O) groups excluding carboxylic acids is 2. The van der Waals surface area contributed by atoms with Crippen molar-refractivity contribution in [1.82, 2.24) is 4.90 Å². The first kappa shape index (κ1) is 35.1. The minimum Gasteiger partial charge on any atom is -0.466 e. The number of aliphatic hydroxyl groups excluding tert-OH is 1. The van der Waals surface area contributed by atoms with Crippen molar-refractivity contribution < 1.29 is 32.6 Å². The average Bonchev–Trinajstić information content (AvgIpc) is 2.94. The number of sulfone groups is 1. The summed E-state index contributed by atoms with van der Waals surface area (Å²) in [7, 11) is -3.87. The van der Waals surface area contributed by atoms with Crippen molar-refractivity contribution in [3.63, 3.8) is 0 Å². The number of aliphatic hydroxyl groups is 1. The third-order valence-electron chi connectivity index (χ3n) is 6.94. The molecule has 44 heavy (non-hydrogen) atoms. The number of nitrogens with zero attached hydrogens (tertiary/aromatic N) is 1. The van der Waals surface area contributed by atoms with E-state index in [0.717, 1.165) is 11.1 Å². The zero-order valence-corrected chi connectivity index (χ0v) is 27.7. The van der Waals surface area contributed by atoms with E-state index in [-0.39, 0.29) is 41.8 Å². The van der Waals surface area contributed by atoms with E-state index < -0.39 is 33.7 Å². The summed E-state index contributed by atoms with van der Waals surface area (Å²) < 4.78 is 38.0. The van der Waals surface area contributed by atoms with E-state index in [1.54, 1.807) is 94.4 Å². The SMILES string of the molecule is CCOC(=O)CCc1cc(C)ccc1S(=O)(=O)c1ccc(C[C@@H](C)N(C[C@H](O)c2cccc(Cl)c2)C(=O)OC(C)(C)C)cc1. The van der Waals surface area contributed by atoms with Crippen LogP contribution in [-0.4, -0.2) is 55.3 Å². The molecule has 3 rings (SSSR count). The Kier molecular flexibility index (Phi) is 12.0. The van der Waals surface area contributed by atoms with Gasteiger partial charge in [-0.2, -0.15) is 0 Å². The van der Waals surface area contributed by atoms with Crippen molar-refractivity contribution in [2.75, 3.05) is 13.2 Å². The molecule has 0 spiro atoms. The van der Waals surface area contributed by atoms with Crippen LogP contribution in [0.15, 0.2) is 76.5 Å². The molecule has 3 aromatic rings. The summed E-state index contributed by atoms with van der Waals surface area (Å²) in [6.07, 6.45) is -0.858. The van der Waals surface area contributed by atoms with Crippen LogP contribution in [0.2, 0.25) is 5.02 Å². The summed E-state index contributed by atoms with van der Waals surface area (Å²) in [5.41, 5.74) is 2.08. The maximum absolute atomic E-state index is 13.7. The molecule has 3 aromatic carbocycles. The van der Waals surface area contributed by atoms with Gasteiger partial charge in [0.2, 0.25) is 9.84 Å². The molecule has 0 radical (unpaired) electrons. The number of benzene rings is 3. The topological polar surface area (TPSA) is 110 Å². The van der Waals surface area contributed by atoms with Crippen LogP contribution in [0, 0.1) is 6.92 Å². The number of ether oxygens (including phenoxy) is 2. The molecule has 0 fully saturated rings. The van der Waals surface area contributed by atoms with Gasteiger partial charge in [0.25, 0.3) is 0 Å². The van der Waals surface area contributed by atoms with Crippen LogP contribution in [0.5, 0.6) is 0 Å². The second kappa shape index (κ2) is 15.1. The van der Waals surface area contributed by atoms with E-state index >= 15 is 0 Å². The van der Waals surface area contributed by atoms with Crippen LogP contribution in [0.25, 0.3) is 0 Å². The van der Waals surface area contributed by atoms with Crippen molar-refractivity contribution in [1.29, 1.82) is 0 Å². The first-order valence-electron chi connectivity index (χ1n) is 14.6. The minimum atomic E-state index is -3.87. The number of hydrogen-bond donors (Lipinski definition) is 1. The van der Waals surface area contributed by atoms with Crippen LogP contribution in [0.1, 0.15) is 69.4 Å². The van der Waals surface area contributed by atoms with Gasteiger partial charge < -0.3 is 19.5 Å². The molecule has 0 aliphatic rings. The lowest BCUT2D eigenvalue weighted by Crippen LogP contribution is -2.45. The average molecular weight is 644 g/mol. The van der Waals surface area contributed by atoms with Gasteiger partial charge in [0, 0.05) is 17.5 Å².